The van der Waals surface area contributed by atoms with E-state index in [1.807, 2.05) is 0 Å². The van der Waals surface area contributed by atoms with Gasteiger partial charge in [0.2, 0.25) is 0 Å². The summed E-state index contributed by atoms with van der Waals surface area (Å²) < 4.78 is 44.2. The molecule has 0 bridgehead atoms. The predicted octanol–water partition coefficient (Wildman–Crippen LogP) is 0.101. The van der Waals surface area contributed by atoms with Crippen LogP contribution in [0.4, 0.5) is 10.5 Å². The lowest BCUT2D eigenvalue weighted by molar-refractivity contribution is -0.137. The van der Waals surface area contributed by atoms with E-state index in [1.54, 1.807) is 0 Å². The summed E-state index contributed by atoms with van der Waals surface area (Å²) in [6.07, 6.45) is -0.374. The highest BCUT2D eigenvalue weighted by atomic mass is 32.2. The molecule has 0 aliphatic carbocycles. The van der Waals surface area contributed by atoms with E-state index in [0.29, 0.717) is 4.90 Å². The van der Waals surface area contributed by atoms with Gasteiger partial charge in [-0.3, -0.25) is 14.2 Å². The second-order valence-electron chi connectivity index (χ2n) is 4.33. The maximum Gasteiger partial charge on any atom is 0.435 e. The first kappa shape index (κ1) is 18.9. The molecule has 128 valence electrons. The number of likely N-dealkylation sites (N-methyl/N-ethyl adjacent to an activating group) is 1. The Morgan fingerprint density at radius 3 is 2.35 bits per heavy atom. The van der Waals surface area contributed by atoms with Gasteiger partial charge in [0.1, 0.15) is 12.2 Å². The molecule has 23 heavy (non-hydrogen) atoms. The quantitative estimate of drug-likeness (QED) is 0.533. The predicted molar refractivity (Wildman–Crippen MR) is 79.5 cm³/mol. The van der Waals surface area contributed by atoms with Gasteiger partial charge < -0.3 is 9.94 Å². The summed E-state index contributed by atoms with van der Waals surface area (Å²) in [6.45, 7) is -0.710. The van der Waals surface area contributed by atoms with Gasteiger partial charge in [0.25, 0.3) is 11.3 Å². The number of carboxylic acid groups (broad SMARTS) is 1. The molecule has 0 heterocycles. The Hall–Kier alpha value is -2.18. The van der Waals surface area contributed by atoms with Crippen LogP contribution in [-0.2, 0) is 30.7 Å². The molecule has 1 rings (SSSR count). The fourth-order valence-corrected chi connectivity index (χ4v) is 2.86. The first-order valence-electron chi connectivity index (χ1n) is 5.89. The van der Waals surface area contributed by atoms with Gasteiger partial charge in [0, 0.05) is 13.3 Å². The summed E-state index contributed by atoms with van der Waals surface area (Å²) >= 11 is -2.90. The van der Waals surface area contributed by atoms with Crippen molar-refractivity contribution in [2.45, 2.75) is 4.90 Å². The number of nitrogens with zero attached hydrogens (tertiary/aromatic N) is 2. The number of amides is 1. The molecule has 0 aliphatic heterocycles. The number of benzene rings is 1. The van der Waals surface area contributed by atoms with Crippen LogP contribution < -0.4 is 4.47 Å². The van der Waals surface area contributed by atoms with Gasteiger partial charge in [-0.25, -0.2) is 17.4 Å². The minimum atomic E-state index is -3.77. The summed E-state index contributed by atoms with van der Waals surface area (Å²) in [5.41, 5.74) is -0.340. The molecule has 0 aromatic heterocycles. The number of anilines is 1. The van der Waals surface area contributed by atoms with Gasteiger partial charge in [-0.15, -0.1) is 0 Å². The van der Waals surface area contributed by atoms with Crippen molar-refractivity contribution in [3.8, 4) is 0 Å². The lowest BCUT2D eigenvalue weighted by Crippen LogP contribution is -2.38. The van der Waals surface area contributed by atoms with Crippen LogP contribution in [0.1, 0.15) is 0 Å². The molecule has 1 amide bonds. The molecule has 1 aromatic carbocycles. The van der Waals surface area contributed by atoms with Crippen LogP contribution in [0.5, 0.6) is 0 Å². The minimum Gasteiger partial charge on any atom is -0.480 e. The summed E-state index contributed by atoms with van der Waals surface area (Å²) in [4.78, 5) is 27.2. The fourth-order valence-electron chi connectivity index (χ4n) is 1.49. The fraction of sp³-hybridized carbons (Fsp3) is 0.273. The molecular weight excluding hydrogens is 352 g/mol. The maximum atomic E-state index is 11.7. The number of carbonyl (C=O) groups is 2. The Balaban J connectivity index is 3.18. The van der Waals surface area contributed by atoms with E-state index in [1.165, 1.54) is 18.2 Å². The van der Waals surface area contributed by atoms with Crippen LogP contribution in [0.3, 0.4) is 0 Å². The Labute approximate surface area is 134 Å². The summed E-state index contributed by atoms with van der Waals surface area (Å²) in [5.74, 6) is -1.32. The molecule has 0 radical (unpaired) electrons. The zero-order valence-electron chi connectivity index (χ0n) is 12.1. The molecule has 0 spiro atoms. The highest BCUT2D eigenvalue weighted by Gasteiger charge is 2.27. The Bertz CT molecular complexity index is 733. The SMILES string of the molecule is CN(CC(=O)O)C(=O)ON(c1ccccc1S(C)(=O)=O)S(=O)O. The second kappa shape index (κ2) is 7.39. The Kier molecular flexibility index (Phi) is 6.06. The van der Waals surface area contributed by atoms with Crippen molar-refractivity contribution in [1.29, 1.82) is 0 Å². The van der Waals surface area contributed by atoms with E-state index in [2.05, 4.69) is 4.84 Å². The average molecular weight is 366 g/mol. The second-order valence-corrected chi connectivity index (χ2v) is 7.11. The summed E-state index contributed by atoms with van der Waals surface area (Å²) in [7, 11) is -2.68. The number of carbonyl (C=O) groups excluding carboxylic acids is 1. The summed E-state index contributed by atoms with van der Waals surface area (Å²) in [5, 5.41) is 8.59. The molecule has 0 saturated carbocycles. The third-order valence-corrected chi connectivity index (χ3v) is 4.15. The zero-order chi connectivity index (χ0) is 17.8. The summed E-state index contributed by atoms with van der Waals surface area (Å²) in [6, 6.07) is 5.09. The number of rotatable bonds is 6. The topological polar surface area (TPSA) is 142 Å². The molecule has 0 fully saturated rings. The Morgan fingerprint density at radius 1 is 1.30 bits per heavy atom. The standard InChI is InChI=1S/C11H14N2O8S2/c1-12(7-10(14)15)11(16)21-13(22(17)18)8-5-3-4-6-9(8)23(2,19)20/h3-6H,7H2,1-2H3,(H,14,15)(H,17,18). The lowest BCUT2D eigenvalue weighted by Gasteiger charge is -2.23. The first-order valence-corrected chi connectivity index (χ1v) is 8.84. The smallest absolute Gasteiger partial charge is 0.435 e. The molecule has 10 nitrogen and oxygen atoms in total. The highest BCUT2D eigenvalue weighted by molar-refractivity contribution is 7.91. The number of hydrogen-bond acceptors (Lipinski definition) is 6. The number of carboxylic acids is 1. The number of aliphatic carboxylic acids is 1. The van der Waals surface area contributed by atoms with Crippen LogP contribution in [0.15, 0.2) is 29.2 Å². The van der Waals surface area contributed by atoms with Crippen molar-refractivity contribution in [1.82, 2.24) is 4.90 Å². The molecule has 2 N–H and O–H groups in total. The van der Waals surface area contributed by atoms with Gasteiger partial charge in [0.05, 0.1) is 4.90 Å². The van der Waals surface area contributed by atoms with E-state index >= 15 is 0 Å². The van der Waals surface area contributed by atoms with Crippen molar-refractivity contribution in [2.75, 3.05) is 24.3 Å². The van der Waals surface area contributed by atoms with E-state index in [0.717, 1.165) is 19.4 Å². The molecule has 0 saturated heterocycles. The molecule has 1 aromatic rings. The third kappa shape index (κ3) is 5.19. The average Bonchev–Trinajstić information content (AvgIpc) is 2.42. The third-order valence-electron chi connectivity index (χ3n) is 2.45. The van der Waals surface area contributed by atoms with E-state index in [9.17, 15) is 26.8 Å². The Morgan fingerprint density at radius 2 is 1.87 bits per heavy atom. The minimum absolute atomic E-state index is 0.178. The van der Waals surface area contributed by atoms with Gasteiger partial charge in [-0.1, -0.05) is 16.6 Å². The van der Waals surface area contributed by atoms with E-state index < -0.39 is 39.7 Å². The van der Waals surface area contributed by atoms with Crippen LogP contribution >= 0.6 is 0 Å². The molecular formula is C11H14N2O8S2. The largest absolute Gasteiger partial charge is 0.480 e. The van der Waals surface area contributed by atoms with Crippen molar-refractivity contribution in [3.63, 3.8) is 0 Å². The van der Waals surface area contributed by atoms with Crippen molar-refractivity contribution in [2.24, 2.45) is 0 Å². The monoisotopic (exact) mass is 366 g/mol. The van der Waals surface area contributed by atoms with Crippen molar-refractivity contribution in [3.05, 3.63) is 24.3 Å². The number of sulfone groups is 1. The van der Waals surface area contributed by atoms with Gasteiger partial charge in [0.15, 0.2) is 9.84 Å². The highest BCUT2D eigenvalue weighted by Crippen LogP contribution is 2.26. The van der Waals surface area contributed by atoms with Gasteiger partial charge >= 0.3 is 12.1 Å². The molecule has 1 unspecified atom stereocenters. The maximum absolute atomic E-state index is 11.7. The van der Waals surface area contributed by atoms with E-state index in [-0.39, 0.29) is 15.1 Å². The normalized spacial score (nSPS) is 12.3. The lowest BCUT2D eigenvalue weighted by atomic mass is 10.3. The van der Waals surface area contributed by atoms with Gasteiger partial charge in [-0.2, -0.15) is 0 Å². The molecule has 12 heteroatoms. The number of hydrogen-bond donors (Lipinski definition) is 2. The van der Waals surface area contributed by atoms with Crippen LogP contribution in [0, 0.1) is 0 Å². The molecule has 0 aliphatic rings. The number of para-hydroxylation sites is 1. The van der Waals surface area contributed by atoms with Crippen molar-refractivity contribution < 1.29 is 36.7 Å². The van der Waals surface area contributed by atoms with Crippen molar-refractivity contribution >= 4 is 38.9 Å². The van der Waals surface area contributed by atoms with Crippen LogP contribution in [-0.4, -0.2) is 59.1 Å². The zero-order valence-corrected chi connectivity index (χ0v) is 13.7. The van der Waals surface area contributed by atoms with Gasteiger partial charge in [-0.05, 0) is 12.1 Å². The first-order chi connectivity index (χ1) is 10.5. The van der Waals surface area contributed by atoms with Crippen LogP contribution in [0.25, 0.3) is 0 Å². The van der Waals surface area contributed by atoms with E-state index in [4.69, 9.17) is 5.11 Å². The molecule has 1 atom stereocenters. The van der Waals surface area contributed by atoms with Crippen LogP contribution in [0.2, 0.25) is 0 Å².